The molecule has 0 atom stereocenters. The van der Waals surface area contributed by atoms with Gasteiger partial charge in [-0.1, -0.05) is 32.0 Å². The van der Waals surface area contributed by atoms with Crippen molar-refractivity contribution in [1.82, 2.24) is 4.98 Å². The number of carbonyl (C=O) groups is 1. The molecule has 94 valence electrons. The van der Waals surface area contributed by atoms with E-state index in [4.69, 9.17) is 0 Å². The predicted octanol–water partition coefficient (Wildman–Crippen LogP) is 3.16. The fourth-order valence-corrected chi connectivity index (χ4v) is 2.03. The monoisotopic (exact) mass is 261 g/mol. The van der Waals surface area contributed by atoms with Crippen molar-refractivity contribution in [1.29, 1.82) is 0 Å². The van der Waals surface area contributed by atoms with E-state index in [2.05, 4.69) is 10.4 Å². The standard InChI is InChI=1S/C13H15N3OS/c1-10(2)12(17)16(13-14-8-9-18-13)15-11-6-4-3-5-7-11/h3-10,15H,1-2H3. The molecule has 0 radical (unpaired) electrons. The van der Waals surface area contributed by atoms with Crippen molar-refractivity contribution in [3.63, 3.8) is 0 Å². The molecular weight excluding hydrogens is 246 g/mol. The number of hydrogen-bond acceptors (Lipinski definition) is 4. The Morgan fingerprint density at radius 1 is 1.33 bits per heavy atom. The fourth-order valence-electron chi connectivity index (χ4n) is 1.42. The van der Waals surface area contributed by atoms with Crippen molar-refractivity contribution in [3.05, 3.63) is 41.9 Å². The molecule has 5 heteroatoms. The smallest absolute Gasteiger partial charge is 0.250 e. The van der Waals surface area contributed by atoms with Crippen LogP contribution in [0.25, 0.3) is 0 Å². The van der Waals surface area contributed by atoms with Crippen LogP contribution in [0.2, 0.25) is 0 Å². The summed E-state index contributed by atoms with van der Waals surface area (Å²) < 4.78 is 0. The molecular formula is C13H15N3OS. The number of hydrogen-bond donors (Lipinski definition) is 1. The maximum absolute atomic E-state index is 12.2. The highest BCUT2D eigenvalue weighted by Gasteiger charge is 2.20. The van der Waals surface area contributed by atoms with Crippen LogP contribution in [0.3, 0.4) is 0 Å². The van der Waals surface area contributed by atoms with Crippen LogP contribution >= 0.6 is 11.3 Å². The molecule has 1 aromatic heterocycles. The first kappa shape index (κ1) is 12.6. The number of anilines is 2. The van der Waals surface area contributed by atoms with Crippen LogP contribution in [0.4, 0.5) is 10.8 Å². The minimum Gasteiger partial charge on any atom is -0.289 e. The zero-order valence-electron chi connectivity index (χ0n) is 10.3. The highest BCUT2D eigenvalue weighted by atomic mass is 32.1. The predicted molar refractivity (Wildman–Crippen MR) is 74.5 cm³/mol. The second kappa shape index (κ2) is 5.64. The maximum atomic E-state index is 12.2. The second-order valence-electron chi connectivity index (χ2n) is 4.12. The Morgan fingerprint density at radius 2 is 2.06 bits per heavy atom. The summed E-state index contributed by atoms with van der Waals surface area (Å²) >= 11 is 1.43. The van der Waals surface area contributed by atoms with E-state index in [-0.39, 0.29) is 11.8 Å². The van der Waals surface area contributed by atoms with Gasteiger partial charge in [-0.2, -0.15) is 5.01 Å². The van der Waals surface area contributed by atoms with Crippen LogP contribution < -0.4 is 10.4 Å². The summed E-state index contributed by atoms with van der Waals surface area (Å²) in [6.45, 7) is 3.74. The molecule has 1 N–H and O–H groups in total. The van der Waals surface area contributed by atoms with Crippen LogP contribution in [-0.4, -0.2) is 10.9 Å². The Balaban J connectivity index is 2.23. The first-order chi connectivity index (χ1) is 8.68. The lowest BCUT2D eigenvalue weighted by atomic mass is 10.2. The van der Waals surface area contributed by atoms with Gasteiger partial charge in [0.1, 0.15) is 0 Å². The molecule has 0 unspecified atom stereocenters. The first-order valence-electron chi connectivity index (χ1n) is 5.73. The van der Waals surface area contributed by atoms with Crippen molar-refractivity contribution in [2.75, 3.05) is 10.4 Å². The minimum atomic E-state index is -0.0925. The number of aromatic nitrogens is 1. The third kappa shape index (κ3) is 2.87. The molecule has 0 saturated heterocycles. The molecule has 0 aliphatic rings. The molecule has 0 aliphatic carbocycles. The molecule has 18 heavy (non-hydrogen) atoms. The molecule has 2 aromatic rings. The molecule has 0 fully saturated rings. The van der Waals surface area contributed by atoms with Crippen molar-refractivity contribution in [3.8, 4) is 0 Å². The van der Waals surface area contributed by atoms with Crippen LogP contribution in [0.1, 0.15) is 13.8 Å². The number of nitrogens with one attached hydrogen (secondary N) is 1. The third-order valence-electron chi connectivity index (χ3n) is 2.34. The van der Waals surface area contributed by atoms with Crippen molar-refractivity contribution >= 4 is 28.1 Å². The summed E-state index contributed by atoms with van der Waals surface area (Å²) in [4.78, 5) is 16.4. The van der Waals surface area contributed by atoms with E-state index in [0.29, 0.717) is 5.13 Å². The summed E-state index contributed by atoms with van der Waals surface area (Å²) in [5, 5.41) is 4.00. The van der Waals surface area contributed by atoms with E-state index in [1.54, 1.807) is 6.20 Å². The van der Waals surface area contributed by atoms with Gasteiger partial charge in [-0.05, 0) is 12.1 Å². The summed E-state index contributed by atoms with van der Waals surface area (Å²) in [6.07, 6.45) is 1.69. The minimum absolute atomic E-state index is 0.00574. The van der Waals surface area contributed by atoms with Crippen LogP contribution in [-0.2, 0) is 4.79 Å². The molecule has 1 amide bonds. The average Bonchev–Trinajstić information content (AvgIpc) is 2.90. The topological polar surface area (TPSA) is 45.2 Å². The van der Waals surface area contributed by atoms with Gasteiger partial charge >= 0.3 is 0 Å². The number of thiazole rings is 1. The number of amides is 1. The summed E-state index contributed by atoms with van der Waals surface area (Å²) in [7, 11) is 0. The molecule has 0 spiro atoms. The molecule has 1 aromatic carbocycles. The van der Waals surface area contributed by atoms with Crippen LogP contribution in [0.5, 0.6) is 0 Å². The Morgan fingerprint density at radius 3 is 2.61 bits per heavy atom. The van der Waals surface area contributed by atoms with E-state index in [9.17, 15) is 4.79 Å². The van der Waals surface area contributed by atoms with Gasteiger partial charge in [0.25, 0.3) is 0 Å². The lowest BCUT2D eigenvalue weighted by molar-refractivity contribution is -0.121. The van der Waals surface area contributed by atoms with Crippen molar-refractivity contribution < 1.29 is 4.79 Å². The lowest BCUT2D eigenvalue weighted by Crippen LogP contribution is -2.39. The van der Waals surface area contributed by atoms with Gasteiger partial charge in [-0.25, -0.2) is 4.98 Å². The zero-order valence-corrected chi connectivity index (χ0v) is 11.1. The van der Waals surface area contributed by atoms with Gasteiger partial charge in [-0.15, -0.1) is 11.3 Å². The highest BCUT2D eigenvalue weighted by molar-refractivity contribution is 7.13. The van der Waals surface area contributed by atoms with Gasteiger partial charge in [0.05, 0.1) is 5.69 Å². The Bertz CT molecular complexity index is 496. The average molecular weight is 261 g/mol. The summed E-state index contributed by atoms with van der Waals surface area (Å²) in [5.74, 6) is -0.0982. The normalized spacial score (nSPS) is 10.4. The van der Waals surface area contributed by atoms with Crippen LogP contribution in [0, 0.1) is 5.92 Å². The Labute approximate surface area is 110 Å². The molecule has 4 nitrogen and oxygen atoms in total. The van der Waals surface area contributed by atoms with Gasteiger partial charge in [0, 0.05) is 17.5 Å². The SMILES string of the molecule is CC(C)C(=O)N(Nc1ccccc1)c1nccs1. The number of hydrazine groups is 1. The first-order valence-corrected chi connectivity index (χ1v) is 6.61. The molecule has 2 rings (SSSR count). The van der Waals surface area contributed by atoms with E-state index >= 15 is 0 Å². The van der Waals surface area contributed by atoms with Gasteiger partial charge in [0.2, 0.25) is 11.0 Å². The Hall–Kier alpha value is -1.88. The maximum Gasteiger partial charge on any atom is 0.250 e. The van der Waals surface area contributed by atoms with E-state index < -0.39 is 0 Å². The quantitative estimate of drug-likeness (QED) is 0.860. The number of benzene rings is 1. The molecule has 0 bridgehead atoms. The van der Waals surface area contributed by atoms with Gasteiger partial charge in [-0.3, -0.25) is 10.2 Å². The number of carbonyl (C=O) groups excluding carboxylic acids is 1. The number of nitrogens with zero attached hydrogens (tertiary/aromatic N) is 2. The molecule has 1 heterocycles. The second-order valence-corrected chi connectivity index (χ2v) is 4.99. The highest BCUT2D eigenvalue weighted by Crippen LogP contribution is 2.21. The van der Waals surface area contributed by atoms with E-state index in [1.807, 2.05) is 49.6 Å². The largest absolute Gasteiger partial charge is 0.289 e. The van der Waals surface area contributed by atoms with E-state index in [1.165, 1.54) is 16.3 Å². The summed E-state index contributed by atoms with van der Waals surface area (Å²) in [5.41, 5.74) is 3.96. The van der Waals surface area contributed by atoms with E-state index in [0.717, 1.165) is 5.69 Å². The van der Waals surface area contributed by atoms with Crippen LogP contribution in [0.15, 0.2) is 41.9 Å². The Kier molecular flexibility index (Phi) is 3.94. The van der Waals surface area contributed by atoms with Gasteiger partial charge in [0.15, 0.2) is 0 Å². The number of para-hydroxylation sites is 1. The lowest BCUT2D eigenvalue weighted by Gasteiger charge is -2.23. The zero-order chi connectivity index (χ0) is 13.0. The fraction of sp³-hybridized carbons (Fsp3) is 0.231. The molecule has 0 saturated carbocycles. The molecule has 0 aliphatic heterocycles. The van der Waals surface area contributed by atoms with Crippen molar-refractivity contribution in [2.45, 2.75) is 13.8 Å². The number of rotatable bonds is 4. The summed E-state index contributed by atoms with van der Waals surface area (Å²) in [6, 6.07) is 9.59. The third-order valence-corrected chi connectivity index (χ3v) is 3.10. The van der Waals surface area contributed by atoms with Gasteiger partial charge < -0.3 is 0 Å². The van der Waals surface area contributed by atoms with Crippen molar-refractivity contribution in [2.24, 2.45) is 5.92 Å².